The fourth-order valence-electron chi connectivity index (χ4n) is 2.47. The van der Waals surface area contributed by atoms with Crippen LogP contribution in [0.3, 0.4) is 0 Å². The van der Waals surface area contributed by atoms with Crippen molar-refractivity contribution in [3.63, 3.8) is 0 Å². The molecule has 0 radical (unpaired) electrons. The summed E-state index contributed by atoms with van der Waals surface area (Å²) < 4.78 is 15.5. The van der Waals surface area contributed by atoms with Crippen LogP contribution in [0.5, 0.6) is 0 Å². The quantitative estimate of drug-likeness (QED) is 0.619. The smallest absolute Gasteiger partial charge is 0.209 e. The highest BCUT2D eigenvalue weighted by molar-refractivity contribution is 7.73. The van der Waals surface area contributed by atoms with Gasteiger partial charge in [0.1, 0.15) is 5.82 Å². The Hall–Kier alpha value is -2.09. The number of aromatic nitrogens is 2. The Morgan fingerprint density at radius 1 is 1.24 bits per heavy atom. The number of hydrogen-bond acceptors (Lipinski definition) is 5. The predicted octanol–water partition coefficient (Wildman–Crippen LogP) is 4.95. The Kier molecular flexibility index (Phi) is 5.57. The van der Waals surface area contributed by atoms with Crippen molar-refractivity contribution in [1.82, 2.24) is 14.7 Å². The van der Waals surface area contributed by atoms with Crippen molar-refractivity contribution >= 4 is 34.4 Å². The van der Waals surface area contributed by atoms with E-state index in [0.717, 1.165) is 16.4 Å². The van der Waals surface area contributed by atoms with E-state index in [-0.39, 0.29) is 5.82 Å². The number of hydrogen-bond donors (Lipinski definition) is 1. The van der Waals surface area contributed by atoms with Gasteiger partial charge in [-0.25, -0.2) is 9.07 Å². The standard InChI is InChI=1S/C18H19FN4S2/c1-13-4-3-5-16(10-13)20-17-21-23(18(24)25-17)12-22(2)11-14-6-8-15(19)9-7-14/h3-10H,11-12H2,1-2H3,(H,20,21). The summed E-state index contributed by atoms with van der Waals surface area (Å²) in [4.78, 5) is 2.08. The van der Waals surface area contributed by atoms with Crippen LogP contribution in [0.15, 0.2) is 48.5 Å². The molecular formula is C18H19FN4S2. The van der Waals surface area contributed by atoms with E-state index in [2.05, 4.69) is 34.4 Å². The summed E-state index contributed by atoms with van der Waals surface area (Å²) >= 11 is 6.86. The van der Waals surface area contributed by atoms with Gasteiger partial charge in [-0.05, 0) is 61.6 Å². The maximum absolute atomic E-state index is 13.0. The van der Waals surface area contributed by atoms with Crippen LogP contribution in [0.25, 0.3) is 0 Å². The molecule has 3 aromatic rings. The molecule has 0 bridgehead atoms. The van der Waals surface area contributed by atoms with Gasteiger partial charge >= 0.3 is 0 Å². The number of nitrogens with one attached hydrogen (secondary N) is 1. The van der Waals surface area contributed by atoms with Crippen LogP contribution in [0.4, 0.5) is 15.2 Å². The maximum atomic E-state index is 13.0. The lowest BCUT2D eigenvalue weighted by molar-refractivity contribution is 0.245. The average molecular weight is 375 g/mol. The van der Waals surface area contributed by atoms with Gasteiger partial charge in [0, 0.05) is 12.2 Å². The van der Waals surface area contributed by atoms with Crippen LogP contribution >= 0.6 is 23.6 Å². The Balaban J connectivity index is 1.65. The summed E-state index contributed by atoms with van der Waals surface area (Å²) in [6.45, 7) is 3.32. The highest BCUT2D eigenvalue weighted by Gasteiger charge is 2.07. The summed E-state index contributed by atoms with van der Waals surface area (Å²) in [5.74, 6) is -0.222. The van der Waals surface area contributed by atoms with E-state index in [1.165, 1.54) is 29.0 Å². The molecule has 0 amide bonds. The SMILES string of the molecule is Cc1cccc(Nc2nn(CN(C)Cc3ccc(F)cc3)c(=S)s2)c1. The van der Waals surface area contributed by atoms with Crippen molar-refractivity contribution in [2.45, 2.75) is 20.1 Å². The maximum Gasteiger partial charge on any atom is 0.209 e. The first-order valence-electron chi connectivity index (χ1n) is 7.84. The fraction of sp³-hybridized carbons (Fsp3) is 0.222. The van der Waals surface area contributed by atoms with Crippen LogP contribution < -0.4 is 5.32 Å². The molecular weight excluding hydrogens is 355 g/mol. The first kappa shape index (κ1) is 17.7. The molecule has 0 saturated heterocycles. The molecule has 4 nitrogen and oxygen atoms in total. The third-order valence-corrected chi connectivity index (χ3v) is 4.84. The minimum Gasteiger partial charge on any atom is -0.330 e. The molecule has 1 aromatic heterocycles. The Morgan fingerprint density at radius 3 is 2.72 bits per heavy atom. The second kappa shape index (κ2) is 7.86. The molecule has 0 aliphatic carbocycles. The lowest BCUT2D eigenvalue weighted by Gasteiger charge is -2.16. The monoisotopic (exact) mass is 374 g/mol. The van der Waals surface area contributed by atoms with Gasteiger partial charge < -0.3 is 5.32 Å². The number of halogens is 1. The molecule has 1 N–H and O–H groups in total. The minimum absolute atomic E-state index is 0.222. The van der Waals surface area contributed by atoms with E-state index in [9.17, 15) is 4.39 Å². The van der Waals surface area contributed by atoms with Crippen LogP contribution in [0.1, 0.15) is 11.1 Å². The zero-order valence-corrected chi connectivity index (χ0v) is 15.7. The van der Waals surface area contributed by atoms with E-state index < -0.39 is 0 Å². The number of benzene rings is 2. The number of aryl methyl sites for hydroxylation is 1. The summed E-state index contributed by atoms with van der Waals surface area (Å²) in [5, 5.41) is 8.61. The van der Waals surface area contributed by atoms with E-state index in [4.69, 9.17) is 12.2 Å². The largest absolute Gasteiger partial charge is 0.330 e. The predicted molar refractivity (Wildman–Crippen MR) is 103 cm³/mol. The summed E-state index contributed by atoms with van der Waals surface area (Å²) in [6, 6.07) is 14.6. The second-order valence-corrected chi connectivity index (χ2v) is 7.57. The third-order valence-electron chi connectivity index (χ3n) is 3.62. The van der Waals surface area contributed by atoms with E-state index in [0.29, 0.717) is 17.2 Å². The number of anilines is 2. The summed E-state index contributed by atoms with van der Waals surface area (Å²) in [6.07, 6.45) is 0. The van der Waals surface area contributed by atoms with Crippen molar-refractivity contribution in [2.24, 2.45) is 0 Å². The minimum atomic E-state index is -0.222. The Morgan fingerprint density at radius 2 is 2.00 bits per heavy atom. The van der Waals surface area contributed by atoms with Crippen LogP contribution in [-0.4, -0.2) is 21.7 Å². The molecule has 1 heterocycles. The van der Waals surface area contributed by atoms with Gasteiger partial charge in [0.25, 0.3) is 0 Å². The average Bonchev–Trinajstić information content (AvgIpc) is 2.89. The highest BCUT2D eigenvalue weighted by Crippen LogP contribution is 2.21. The molecule has 2 aromatic carbocycles. The summed E-state index contributed by atoms with van der Waals surface area (Å²) in [5.41, 5.74) is 3.23. The zero-order chi connectivity index (χ0) is 17.8. The second-order valence-electron chi connectivity index (χ2n) is 5.95. The molecule has 0 aliphatic rings. The van der Waals surface area contributed by atoms with E-state index in [1.807, 2.05) is 19.2 Å². The molecule has 7 heteroatoms. The molecule has 0 fully saturated rings. The normalized spacial score (nSPS) is 11.0. The lowest BCUT2D eigenvalue weighted by atomic mass is 10.2. The first-order chi connectivity index (χ1) is 12.0. The number of rotatable bonds is 6. The van der Waals surface area contributed by atoms with Crippen molar-refractivity contribution in [2.75, 3.05) is 12.4 Å². The first-order valence-corrected chi connectivity index (χ1v) is 9.07. The van der Waals surface area contributed by atoms with Gasteiger partial charge in [-0.1, -0.05) is 35.6 Å². The molecule has 25 heavy (non-hydrogen) atoms. The zero-order valence-electron chi connectivity index (χ0n) is 14.1. The van der Waals surface area contributed by atoms with Gasteiger partial charge in [-0.3, -0.25) is 4.90 Å². The molecule has 0 atom stereocenters. The van der Waals surface area contributed by atoms with Gasteiger partial charge in [0.05, 0.1) is 6.67 Å². The van der Waals surface area contributed by atoms with Crippen LogP contribution in [-0.2, 0) is 13.2 Å². The molecule has 0 spiro atoms. The van der Waals surface area contributed by atoms with Crippen molar-refractivity contribution in [3.8, 4) is 0 Å². The van der Waals surface area contributed by atoms with Gasteiger partial charge in [-0.15, -0.1) is 5.10 Å². The van der Waals surface area contributed by atoms with E-state index >= 15 is 0 Å². The third kappa shape index (κ3) is 4.94. The lowest BCUT2D eigenvalue weighted by Crippen LogP contribution is -2.22. The van der Waals surface area contributed by atoms with Gasteiger partial charge in [0.2, 0.25) is 5.13 Å². The summed E-state index contributed by atoms with van der Waals surface area (Å²) in [7, 11) is 1.98. The van der Waals surface area contributed by atoms with Crippen molar-refractivity contribution < 1.29 is 4.39 Å². The molecule has 130 valence electrons. The highest BCUT2D eigenvalue weighted by atomic mass is 32.1. The number of nitrogens with zero attached hydrogens (tertiary/aromatic N) is 3. The topological polar surface area (TPSA) is 33.1 Å². The van der Waals surface area contributed by atoms with Crippen LogP contribution in [0.2, 0.25) is 0 Å². The Labute approximate surface area is 155 Å². The molecule has 0 aliphatic heterocycles. The van der Waals surface area contributed by atoms with Gasteiger partial charge in [0.15, 0.2) is 3.95 Å². The Bertz CT molecular complexity index is 902. The van der Waals surface area contributed by atoms with Crippen molar-refractivity contribution in [1.29, 1.82) is 0 Å². The van der Waals surface area contributed by atoms with E-state index in [1.54, 1.807) is 16.8 Å². The molecule has 0 saturated carbocycles. The van der Waals surface area contributed by atoms with Crippen molar-refractivity contribution in [3.05, 3.63) is 69.4 Å². The van der Waals surface area contributed by atoms with Gasteiger partial charge in [-0.2, -0.15) is 0 Å². The molecule has 3 rings (SSSR count). The molecule has 0 unspecified atom stereocenters. The van der Waals surface area contributed by atoms with Crippen LogP contribution in [0, 0.1) is 16.7 Å². The fourth-order valence-corrected chi connectivity index (χ4v) is 3.49.